The second-order valence-electron chi connectivity index (χ2n) is 5.17. The van der Waals surface area contributed by atoms with Crippen molar-refractivity contribution in [2.75, 3.05) is 24.5 Å². The molecule has 0 spiro atoms. The van der Waals surface area contributed by atoms with E-state index in [1.165, 1.54) is 28.0 Å². The number of carbonyl (C=O) groups is 2. The molecule has 1 rings (SSSR count). The molecular formula is C15H21FN2O3. The number of carbonyl (C=O) groups excluding carboxylic acids is 1. The molecule has 1 aromatic carbocycles. The lowest BCUT2D eigenvalue weighted by molar-refractivity contribution is -0.137. The van der Waals surface area contributed by atoms with E-state index in [-0.39, 0.29) is 12.5 Å². The Bertz CT molecular complexity index is 505. The van der Waals surface area contributed by atoms with Crippen LogP contribution in [-0.2, 0) is 4.79 Å². The Labute approximate surface area is 124 Å². The zero-order valence-electron chi connectivity index (χ0n) is 12.5. The van der Waals surface area contributed by atoms with Crippen LogP contribution in [0.25, 0.3) is 0 Å². The van der Waals surface area contributed by atoms with E-state index >= 15 is 0 Å². The summed E-state index contributed by atoms with van der Waals surface area (Å²) in [6, 6.07) is 5.27. The van der Waals surface area contributed by atoms with E-state index < -0.39 is 17.8 Å². The molecule has 0 saturated heterocycles. The minimum Gasteiger partial charge on any atom is -0.480 e. The number of carboxylic acids is 1. The summed E-state index contributed by atoms with van der Waals surface area (Å²) in [6.07, 6.45) is 0. The summed E-state index contributed by atoms with van der Waals surface area (Å²) in [4.78, 5) is 26.1. The molecule has 2 amide bonds. The van der Waals surface area contributed by atoms with Crippen LogP contribution in [-0.4, -0.2) is 41.6 Å². The average Bonchev–Trinajstić information content (AvgIpc) is 2.37. The second kappa shape index (κ2) is 7.61. The smallest absolute Gasteiger partial charge is 0.325 e. The molecule has 6 heteroatoms. The maximum Gasteiger partial charge on any atom is 0.325 e. The minimum atomic E-state index is -1.07. The lowest BCUT2D eigenvalue weighted by Gasteiger charge is -2.30. The van der Waals surface area contributed by atoms with Crippen molar-refractivity contribution in [3.8, 4) is 0 Å². The largest absolute Gasteiger partial charge is 0.480 e. The van der Waals surface area contributed by atoms with Crippen LogP contribution in [0.2, 0.25) is 0 Å². The van der Waals surface area contributed by atoms with Gasteiger partial charge in [0.25, 0.3) is 0 Å². The highest BCUT2D eigenvalue weighted by atomic mass is 19.1. The molecule has 5 nitrogen and oxygen atoms in total. The number of carboxylic acid groups (broad SMARTS) is 1. The Hall–Kier alpha value is -2.11. The average molecular weight is 296 g/mol. The van der Waals surface area contributed by atoms with E-state index in [1.807, 2.05) is 13.8 Å². The Morgan fingerprint density at radius 2 is 2.00 bits per heavy atom. The summed E-state index contributed by atoms with van der Waals surface area (Å²) < 4.78 is 13.3. The Morgan fingerprint density at radius 3 is 2.48 bits per heavy atom. The molecule has 0 fully saturated rings. The van der Waals surface area contributed by atoms with Crippen LogP contribution in [0.15, 0.2) is 24.3 Å². The molecule has 21 heavy (non-hydrogen) atoms. The van der Waals surface area contributed by atoms with Crippen molar-refractivity contribution in [2.45, 2.75) is 20.8 Å². The van der Waals surface area contributed by atoms with E-state index in [4.69, 9.17) is 5.11 Å². The van der Waals surface area contributed by atoms with Crippen molar-refractivity contribution in [1.82, 2.24) is 4.90 Å². The van der Waals surface area contributed by atoms with Crippen LogP contribution in [0, 0.1) is 11.7 Å². The van der Waals surface area contributed by atoms with Gasteiger partial charge in [-0.2, -0.15) is 0 Å². The molecule has 0 saturated carbocycles. The lowest BCUT2D eigenvalue weighted by atomic mass is 10.2. The Kier molecular flexibility index (Phi) is 6.14. The number of hydrogen-bond donors (Lipinski definition) is 1. The van der Waals surface area contributed by atoms with Gasteiger partial charge in [0.2, 0.25) is 0 Å². The van der Waals surface area contributed by atoms with Gasteiger partial charge >= 0.3 is 12.0 Å². The van der Waals surface area contributed by atoms with E-state index in [2.05, 4.69) is 0 Å². The molecule has 0 aliphatic rings. The van der Waals surface area contributed by atoms with Gasteiger partial charge < -0.3 is 10.0 Å². The van der Waals surface area contributed by atoms with Crippen LogP contribution in [0.5, 0.6) is 0 Å². The van der Waals surface area contributed by atoms with Crippen molar-refractivity contribution in [3.05, 3.63) is 30.1 Å². The van der Waals surface area contributed by atoms with Crippen LogP contribution in [0.4, 0.5) is 14.9 Å². The molecule has 0 radical (unpaired) electrons. The molecule has 1 aromatic rings. The summed E-state index contributed by atoms with van der Waals surface area (Å²) in [5.74, 6) is -1.37. The Morgan fingerprint density at radius 1 is 1.33 bits per heavy atom. The van der Waals surface area contributed by atoms with Gasteiger partial charge in [-0.1, -0.05) is 19.9 Å². The summed E-state index contributed by atoms with van der Waals surface area (Å²) in [5, 5.41) is 8.94. The van der Waals surface area contributed by atoms with E-state index in [1.54, 1.807) is 13.0 Å². The highest BCUT2D eigenvalue weighted by Gasteiger charge is 2.24. The second-order valence-corrected chi connectivity index (χ2v) is 5.17. The fraction of sp³-hybridized carbons (Fsp3) is 0.467. The van der Waals surface area contributed by atoms with Gasteiger partial charge in [0.05, 0.1) is 0 Å². The summed E-state index contributed by atoms with van der Waals surface area (Å²) >= 11 is 0. The van der Waals surface area contributed by atoms with Crippen molar-refractivity contribution in [3.63, 3.8) is 0 Å². The molecule has 0 atom stereocenters. The molecule has 0 aliphatic carbocycles. The minimum absolute atomic E-state index is 0.138. The van der Waals surface area contributed by atoms with Crippen molar-refractivity contribution in [1.29, 1.82) is 0 Å². The first-order chi connectivity index (χ1) is 9.85. The van der Waals surface area contributed by atoms with Crippen molar-refractivity contribution >= 4 is 17.7 Å². The van der Waals surface area contributed by atoms with Crippen LogP contribution in [0.1, 0.15) is 20.8 Å². The van der Waals surface area contributed by atoms with Crippen molar-refractivity contribution in [2.24, 2.45) is 5.92 Å². The standard InChI is InChI=1S/C15H21FN2O3/c1-4-18(13-7-5-6-12(16)8-13)15(21)17(9-11(2)3)10-14(19)20/h5-8,11H,4,9-10H2,1-3H3,(H,19,20). The lowest BCUT2D eigenvalue weighted by Crippen LogP contribution is -2.47. The van der Waals surface area contributed by atoms with Crippen LogP contribution in [0.3, 0.4) is 0 Å². The first-order valence-electron chi connectivity index (χ1n) is 6.89. The number of rotatable bonds is 6. The molecule has 0 heterocycles. The maximum atomic E-state index is 13.3. The molecule has 0 aliphatic heterocycles. The number of amides is 2. The number of nitrogens with zero attached hydrogens (tertiary/aromatic N) is 2. The summed E-state index contributed by atoms with van der Waals surface area (Å²) in [6.45, 7) is 5.86. The quantitative estimate of drug-likeness (QED) is 0.878. The first-order valence-corrected chi connectivity index (χ1v) is 6.89. The molecule has 0 unspecified atom stereocenters. The molecule has 0 aromatic heterocycles. The van der Waals surface area contributed by atoms with Crippen molar-refractivity contribution < 1.29 is 19.1 Å². The monoisotopic (exact) mass is 296 g/mol. The number of anilines is 1. The fourth-order valence-corrected chi connectivity index (χ4v) is 2.06. The maximum absolute atomic E-state index is 13.3. The predicted octanol–water partition coefficient (Wildman–Crippen LogP) is 2.81. The number of benzene rings is 1. The fourth-order valence-electron chi connectivity index (χ4n) is 2.06. The topological polar surface area (TPSA) is 60.9 Å². The van der Waals surface area contributed by atoms with Gasteiger partial charge in [0.1, 0.15) is 12.4 Å². The number of aliphatic carboxylic acids is 1. The van der Waals surface area contributed by atoms with E-state index in [0.717, 1.165) is 0 Å². The Balaban J connectivity index is 3.00. The van der Waals surface area contributed by atoms with E-state index in [0.29, 0.717) is 18.8 Å². The third-order valence-corrected chi connectivity index (χ3v) is 2.85. The number of halogens is 1. The summed E-state index contributed by atoms with van der Waals surface area (Å²) in [7, 11) is 0. The van der Waals surface area contributed by atoms with Gasteiger partial charge in [-0.3, -0.25) is 9.69 Å². The number of urea groups is 1. The van der Waals surface area contributed by atoms with E-state index in [9.17, 15) is 14.0 Å². The predicted molar refractivity (Wildman–Crippen MR) is 78.9 cm³/mol. The highest BCUT2D eigenvalue weighted by Crippen LogP contribution is 2.17. The van der Waals surface area contributed by atoms with Gasteiger partial charge in [-0.15, -0.1) is 0 Å². The van der Waals surface area contributed by atoms with Crippen LogP contribution < -0.4 is 4.90 Å². The zero-order valence-corrected chi connectivity index (χ0v) is 12.5. The molecule has 1 N–H and O–H groups in total. The molecule has 116 valence electrons. The third kappa shape index (κ3) is 5.06. The van der Waals surface area contributed by atoms with Crippen LogP contribution >= 0.6 is 0 Å². The van der Waals surface area contributed by atoms with Gasteiger partial charge in [0, 0.05) is 18.8 Å². The normalized spacial score (nSPS) is 10.5. The highest BCUT2D eigenvalue weighted by molar-refractivity contribution is 5.93. The first kappa shape index (κ1) is 16.9. The van der Waals surface area contributed by atoms with Gasteiger partial charge in [-0.05, 0) is 31.0 Å². The third-order valence-electron chi connectivity index (χ3n) is 2.85. The summed E-state index contributed by atoms with van der Waals surface area (Å²) in [5.41, 5.74) is 0.418. The molecule has 0 bridgehead atoms. The zero-order chi connectivity index (χ0) is 16.0. The van der Waals surface area contributed by atoms with Gasteiger partial charge in [-0.25, -0.2) is 9.18 Å². The number of hydrogen-bond acceptors (Lipinski definition) is 2. The van der Waals surface area contributed by atoms with Gasteiger partial charge in [0.15, 0.2) is 0 Å². The molecular weight excluding hydrogens is 275 g/mol. The SMILES string of the molecule is CCN(C(=O)N(CC(=O)O)CC(C)C)c1cccc(F)c1.